The first kappa shape index (κ1) is 20.9. The van der Waals surface area contributed by atoms with Gasteiger partial charge in [-0.3, -0.25) is 9.69 Å². The molecule has 3 nitrogen and oxygen atoms in total. The van der Waals surface area contributed by atoms with Gasteiger partial charge in [0.25, 0.3) is 5.91 Å². The number of rotatable bonds is 7. The second kappa shape index (κ2) is 8.99. The predicted molar refractivity (Wildman–Crippen MR) is 95.6 cm³/mol. The zero-order chi connectivity index (χ0) is 20.0. The van der Waals surface area contributed by atoms with Crippen molar-refractivity contribution in [2.24, 2.45) is 0 Å². The molecule has 1 amide bonds. The quantitative estimate of drug-likeness (QED) is 0.709. The van der Waals surface area contributed by atoms with Gasteiger partial charge >= 0.3 is 6.18 Å². The van der Waals surface area contributed by atoms with Crippen molar-refractivity contribution in [1.82, 2.24) is 10.2 Å². The van der Waals surface area contributed by atoms with Crippen LogP contribution in [0.5, 0.6) is 0 Å². The second-order valence-corrected chi connectivity index (χ2v) is 6.14. The number of halogens is 4. The maximum Gasteiger partial charge on any atom is 0.416 e. The van der Waals surface area contributed by atoms with Gasteiger partial charge in [-0.1, -0.05) is 32.0 Å². The Morgan fingerprint density at radius 3 is 2.22 bits per heavy atom. The Morgan fingerprint density at radius 2 is 1.67 bits per heavy atom. The lowest BCUT2D eigenvalue weighted by atomic mass is 10.1. The standard InChI is InChI=1S/C20H22F4N2O/c1-3-26(4-2)13-14-5-7-15(8-6-14)19(27)25-12-16-9-10-17(21)11-18(16)20(22,23)24/h5-11H,3-4,12-13H2,1-2H3,(H,25,27). The van der Waals surface area contributed by atoms with Gasteiger partial charge in [0.15, 0.2) is 0 Å². The normalized spacial score (nSPS) is 11.7. The number of amides is 1. The van der Waals surface area contributed by atoms with Crippen LogP contribution in [0.3, 0.4) is 0 Å². The van der Waals surface area contributed by atoms with Crippen molar-refractivity contribution in [2.75, 3.05) is 13.1 Å². The molecule has 0 aromatic heterocycles. The Hall–Kier alpha value is -2.41. The molecule has 27 heavy (non-hydrogen) atoms. The second-order valence-electron chi connectivity index (χ2n) is 6.14. The summed E-state index contributed by atoms with van der Waals surface area (Å²) in [6.45, 7) is 6.39. The zero-order valence-corrected chi connectivity index (χ0v) is 15.2. The third-order valence-electron chi connectivity index (χ3n) is 4.33. The highest BCUT2D eigenvalue weighted by Crippen LogP contribution is 2.32. The van der Waals surface area contributed by atoms with Crippen LogP contribution in [0.1, 0.15) is 40.9 Å². The molecule has 0 saturated heterocycles. The van der Waals surface area contributed by atoms with Crippen LogP contribution in [-0.4, -0.2) is 23.9 Å². The smallest absolute Gasteiger partial charge is 0.348 e. The molecule has 146 valence electrons. The van der Waals surface area contributed by atoms with E-state index in [9.17, 15) is 22.4 Å². The zero-order valence-electron chi connectivity index (χ0n) is 15.2. The molecule has 2 aromatic carbocycles. The van der Waals surface area contributed by atoms with E-state index in [1.54, 1.807) is 12.1 Å². The lowest BCUT2D eigenvalue weighted by Gasteiger charge is -2.18. The van der Waals surface area contributed by atoms with E-state index in [-0.39, 0.29) is 12.1 Å². The highest BCUT2D eigenvalue weighted by atomic mass is 19.4. The summed E-state index contributed by atoms with van der Waals surface area (Å²) in [5, 5.41) is 2.46. The maximum atomic E-state index is 13.1. The van der Waals surface area contributed by atoms with Crippen LogP contribution >= 0.6 is 0 Å². The van der Waals surface area contributed by atoms with Crippen LogP contribution in [0.2, 0.25) is 0 Å². The predicted octanol–water partition coefficient (Wildman–Crippen LogP) is 4.62. The van der Waals surface area contributed by atoms with Crippen molar-refractivity contribution in [3.63, 3.8) is 0 Å². The van der Waals surface area contributed by atoms with Gasteiger partial charge in [-0.15, -0.1) is 0 Å². The van der Waals surface area contributed by atoms with E-state index in [1.807, 2.05) is 12.1 Å². The average molecular weight is 382 g/mol. The van der Waals surface area contributed by atoms with Gasteiger partial charge in [0, 0.05) is 18.7 Å². The highest BCUT2D eigenvalue weighted by molar-refractivity contribution is 5.94. The lowest BCUT2D eigenvalue weighted by molar-refractivity contribution is -0.138. The van der Waals surface area contributed by atoms with E-state index in [0.29, 0.717) is 11.6 Å². The number of carbonyl (C=O) groups excluding carboxylic acids is 1. The molecule has 0 bridgehead atoms. The van der Waals surface area contributed by atoms with Gasteiger partial charge in [-0.05, 0) is 48.5 Å². The van der Waals surface area contributed by atoms with Gasteiger partial charge in [0.1, 0.15) is 5.82 Å². The van der Waals surface area contributed by atoms with E-state index in [2.05, 4.69) is 24.1 Å². The molecule has 0 aliphatic heterocycles. The molecule has 0 fully saturated rings. The van der Waals surface area contributed by atoms with E-state index in [1.165, 1.54) is 0 Å². The summed E-state index contributed by atoms with van der Waals surface area (Å²) in [6, 6.07) is 9.35. The van der Waals surface area contributed by atoms with Gasteiger partial charge < -0.3 is 5.32 Å². The highest BCUT2D eigenvalue weighted by Gasteiger charge is 2.33. The summed E-state index contributed by atoms with van der Waals surface area (Å²) in [5.41, 5.74) is 0.134. The molecule has 0 radical (unpaired) electrons. The monoisotopic (exact) mass is 382 g/mol. The van der Waals surface area contributed by atoms with Gasteiger partial charge in [-0.2, -0.15) is 13.2 Å². The summed E-state index contributed by atoms with van der Waals surface area (Å²) >= 11 is 0. The third-order valence-corrected chi connectivity index (χ3v) is 4.33. The fourth-order valence-electron chi connectivity index (χ4n) is 2.71. The summed E-state index contributed by atoms with van der Waals surface area (Å²) in [6.07, 6.45) is -4.69. The molecule has 1 N–H and O–H groups in total. The Kier molecular flexibility index (Phi) is 6.96. The molecule has 2 rings (SSSR count). The third kappa shape index (κ3) is 5.79. The first-order valence-electron chi connectivity index (χ1n) is 8.69. The number of hydrogen-bond donors (Lipinski definition) is 1. The minimum absolute atomic E-state index is 0.185. The molecule has 0 saturated carbocycles. The van der Waals surface area contributed by atoms with Crippen LogP contribution in [0.25, 0.3) is 0 Å². The SMILES string of the molecule is CCN(CC)Cc1ccc(C(=O)NCc2ccc(F)cc2C(F)(F)F)cc1. The Balaban J connectivity index is 2.04. The van der Waals surface area contributed by atoms with Gasteiger partial charge in [-0.25, -0.2) is 4.39 Å². The minimum Gasteiger partial charge on any atom is -0.348 e. The van der Waals surface area contributed by atoms with Crippen molar-refractivity contribution in [3.8, 4) is 0 Å². The topological polar surface area (TPSA) is 32.3 Å². The fraction of sp³-hybridized carbons (Fsp3) is 0.350. The van der Waals surface area contributed by atoms with Gasteiger partial charge in [0.05, 0.1) is 5.56 Å². The molecule has 0 spiro atoms. The summed E-state index contributed by atoms with van der Waals surface area (Å²) in [4.78, 5) is 14.4. The first-order valence-corrected chi connectivity index (χ1v) is 8.69. The molecule has 0 heterocycles. The van der Waals surface area contributed by atoms with Crippen molar-refractivity contribution in [1.29, 1.82) is 0 Å². The molecule has 0 atom stereocenters. The molecular formula is C20H22F4N2O. The maximum absolute atomic E-state index is 13.1. The van der Waals surface area contributed by atoms with E-state index >= 15 is 0 Å². The summed E-state index contributed by atoms with van der Waals surface area (Å²) in [7, 11) is 0. The number of alkyl halides is 3. The van der Waals surface area contributed by atoms with E-state index < -0.39 is 23.5 Å². The Morgan fingerprint density at radius 1 is 1.04 bits per heavy atom. The van der Waals surface area contributed by atoms with Crippen molar-refractivity contribution >= 4 is 5.91 Å². The lowest BCUT2D eigenvalue weighted by Crippen LogP contribution is -2.25. The number of carbonyl (C=O) groups is 1. The van der Waals surface area contributed by atoms with Crippen LogP contribution in [-0.2, 0) is 19.3 Å². The molecular weight excluding hydrogens is 360 g/mol. The fourth-order valence-corrected chi connectivity index (χ4v) is 2.71. The van der Waals surface area contributed by atoms with Crippen LogP contribution < -0.4 is 5.32 Å². The Bertz CT molecular complexity index is 769. The molecule has 7 heteroatoms. The molecule has 0 aliphatic rings. The van der Waals surface area contributed by atoms with Crippen LogP contribution in [0.15, 0.2) is 42.5 Å². The van der Waals surface area contributed by atoms with E-state index in [4.69, 9.17) is 0 Å². The largest absolute Gasteiger partial charge is 0.416 e. The first-order chi connectivity index (χ1) is 12.7. The van der Waals surface area contributed by atoms with Crippen LogP contribution in [0, 0.1) is 5.82 Å². The van der Waals surface area contributed by atoms with Crippen molar-refractivity contribution < 1.29 is 22.4 Å². The van der Waals surface area contributed by atoms with Crippen molar-refractivity contribution in [3.05, 3.63) is 70.5 Å². The number of benzene rings is 2. The van der Waals surface area contributed by atoms with E-state index in [0.717, 1.165) is 37.3 Å². The number of nitrogens with zero attached hydrogens (tertiary/aromatic N) is 1. The Labute approximate surface area is 156 Å². The van der Waals surface area contributed by atoms with Crippen LogP contribution in [0.4, 0.5) is 17.6 Å². The molecule has 2 aromatic rings. The molecule has 0 unspecified atom stereocenters. The number of nitrogens with one attached hydrogen (secondary N) is 1. The molecule has 0 aliphatic carbocycles. The van der Waals surface area contributed by atoms with Gasteiger partial charge in [0.2, 0.25) is 0 Å². The van der Waals surface area contributed by atoms with Crippen molar-refractivity contribution in [2.45, 2.75) is 33.1 Å². The average Bonchev–Trinajstić information content (AvgIpc) is 2.64. The number of hydrogen-bond acceptors (Lipinski definition) is 2. The summed E-state index contributed by atoms with van der Waals surface area (Å²) < 4.78 is 52.1. The minimum atomic E-state index is -4.69. The summed E-state index contributed by atoms with van der Waals surface area (Å²) in [5.74, 6) is -1.46.